The Balaban J connectivity index is 1.92. The lowest BCUT2D eigenvalue weighted by Crippen LogP contribution is -2.33. The standard InChI is InChI=1S/C14H15ClN2O2S2/c1-19-14(18)12(16)8-20-6-9-7-21-13(17-9)10-4-2-3-5-11(10)15/h2-5,7,12H,6,8,16H2,1H3. The number of thioether (sulfide) groups is 1. The van der Waals surface area contributed by atoms with E-state index < -0.39 is 12.0 Å². The van der Waals surface area contributed by atoms with Crippen LogP contribution in [0.15, 0.2) is 29.6 Å². The fourth-order valence-electron chi connectivity index (χ4n) is 1.64. The summed E-state index contributed by atoms with van der Waals surface area (Å²) in [6, 6.07) is 7.03. The summed E-state index contributed by atoms with van der Waals surface area (Å²) in [5, 5.41) is 3.59. The Morgan fingerprint density at radius 2 is 2.29 bits per heavy atom. The van der Waals surface area contributed by atoms with Gasteiger partial charge in [0.2, 0.25) is 0 Å². The van der Waals surface area contributed by atoms with Crippen molar-refractivity contribution in [2.45, 2.75) is 11.8 Å². The number of ether oxygens (including phenoxy) is 1. The molecule has 0 spiro atoms. The van der Waals surface area contributed by atoms with Crippen LogP contribution in [0.2, 0.25) is 5.02 Å². The number of halogens is 1. The molecule has 2 rings (SSSR count). The normalized spacial score (nSPS) is 12.1. The van der Waals surface area contributed by atoms with Gasteiger partial charge in [-0.15, -0.1) is 11.3 Å². The van der Waals surface area contributed by atoms with E-state index in [2.05, 4.69) is 9.72 Å². The number of methoxy groups -OCH3 is 1. The van der Waals surface area contributed by atoms with Crippen LogP contribution in [-0.2, 0) is 15.3 Å². The molecule has 1 atom stereocenters. The van der Waals surface area contributed by atoms with Gasteiger partial charge >= 0.3 is 5.97 Å². The van der Waals surface area contributed by atoms with Gasteiger partial charge in [0.15, 0.2) is 0 Å². The van der Waals surface area contributed by atoms with Crippen LogP contribution in [0.3, 0.4) is 0 Å². The lowest BCUT2D eigenvalue weighted by Gasteiger charge is -2.07. The molecule has 0 amide bonds. The van der Waals surface area contributed by atoms with Crippen molar-refractivity contribution in [1.82, 2.24) is 4.98 Å². The van der Waals surface area contributed by atoms with Gasteiger partial charge in [-0.3, -0.25) is 4.79 Å². The minimum Gasteiger partial charge on any atom is -0.468 e. The molecule has 0 fully saturated rings. The lowest BCUT2D eigenvalue weighted by atomic mass is 10.2. The summed E-state index contributed by atoms with van der Waals surface area (Å²) < 4.78 is 4.58. The van der Waals surface area contributed by atoms with Gasteiger partial charge in [0.1, 0.15) is 11.0 Å². The summed E-state index contributed by atoms with van der Waals surface area (Å²) in [4.78, 5) is 15.8. The van der Waals surface area contributed by atoms with Crippen LogP contribution in [0.4, 0.5) is 0 Å². The zero-order valence-electron chi connectivity index (χ0n) is 11.4. The van der Waals surface area contributed by atoms with E-state index in [4.69, 9.17) is 17.3 Å². The van der Waals surface area contributed by atoms with E-state index in [-0.39, 0.29) is 0 Å². The molecule has 0 saturated heterocycles. The maximum atomic E-state index is 11.2. The van der Waals surface area contributed by atoms with Gasteiger partial charge in [-0.25, -0.2) is 4.98 Å². The van der Waals surface area contributed by atoms with Gasteiger partial charge in [0.25, 0.3) is 0 Å². The second-order valence-corrected chi connectivity index (χ2v) is 6.56. The third-order valence-corrected chi connectivity index (χ3v) is 5.06. The quantitative estimate of drug-likeness (QED) is 0.817. The zero-order valence-corrected chi connectivity index (χ0v) is 13.8. The first-order chi connectivity index (χ1) is 10.1. The van der Waals surface area contributed by atoms with E-state index in [0.29, 0.717) is 16.5 Å². The molecule has 1 unspecified atom stereocenters. The lowest BCUT2D eigenvalue weighted by molar-refractivity contribution is -0.141. The molecule has 0 bridgehead atoms. The Hall–Kier alpha value is -1.08. The maximum Gasteiger partial charge on any atom is 0.323 e. The molecule has 0 radical (unpaired) electrons. The highest BCUT2D eigenvalue weighted by Gasteiger charge is 2.14. The van der Waals surface area contributed by atoms with Crippen LogP contribution in [0.25, 0.3) is 10.6 Å². The molecule has 1 aromatic carbocycles. The Labute approximate surface area is 136 Å². The molecule has 0 aliphatic heterocycles. The molecule has 2 aromatic rings. The van der Waals surface area contributed by atoms with Crippen LogP contribution in [-0.4, -0.2) is 29.9 Å². The van der Waals surface area contributed by atoms with Crippen molar-refractivity contribution < 1.29 is 9.53 Å². The Morgan fingerprint density at radius 1 is 1.52 bits per heavy atom. The Morgan fingerprint density at radius 3 is 3.00 bits per heavy atom. The number of benzene rings is 1. The number of rotatable bonds is 6. The third-order valence-electron chi connectivity index (χ3n) is 2.71. The zero-order chi connectivity index (χ0) is 15.2. The summed E-state index contributed by atoms with van der Waals surface area (Å²) in [5.74, 6) is 0.814. The highest BCUT2D eigenvalue weighted by molar-refractivity contribution is 7.98. The largest absolute Gasteiger partial charge is 0.468 e. The van der Waals surface area contributed by atoms with Crippen molar-refractivity contribution in [2.75, 3.05) is 12.9 Å². The predicted molar refractivity (Wildman–Crippen MR) is 88.7 cm³/mol. The molecule has 21 heavy (non-hydrogen) atoms. The first kappa shape index (κ1) is 16.3. The van der Waals surface area contributed by atoms with Crippen molar-refractivity contribution >= 4 is 40.7 Å². The van der Waals surface area contributed by atoms with Crippen molar-refractivity contribution in [3.63, 3.8) is 0 Å². The van der Waals surface area contributed by atoms with E-state index in [9.17, 15) is 4.79 Å². The fourth-order valence-corrected chi connectivity index (χ4v) is 3.75. The van der Waals surface area contributed by atoms with E-state index >= 15 is 0 Å². The summed E-state index contributed by atoms with van der Waals surface area (Å²) in [7, 11) is 1.34. The molecule has 0 saturated carbocycles. The second-order valence-electron chi connectivity index (χ2n) is 4.27. The van der Waals surface area contributed by atoms with Gasteiger partial charge in [-0.05, 0) is 6.07 Å². The number of carbonyl (C=O) groups is 1. The second kappa shape index (κ2) is 7.79. The van der Waals surface area contributed by atoms with Crippen molar-refractivity contribution in [3.05, 3.63) is 40.4 Å². The maximum absolute atomic E-state index is 11.2. The van der Waals surface area contributed by atoms with E-state index in [1.807, 2.05) is 29.6 Å². The van der Waals surface area contributed by atoms with Crippen LogP contribution >= 0.6 is 34.7 Å². The first-order valence-electron chi connectivity index (χ1n) is 6.22. The van der Waals surface area contributed by atoms with E-state index in [1.165, 1.54) is 7.11 Å². The van der Waals surface area contributed by atoms with Crippen LogP contribution in [0.5, 0.6) is 0 Å². The molecule has 0 aliphatic carbocycles. The summed E-state index contributed by atoms with van der Waals surface area (Å²) in [6.45, 7) is 0. The van der Waals surface area contributed by atoms with Gasteiger partial charge in [0.05, 0.1) is 17.8 Å². The van der Waals surface area contributed by atoms with Crippen LogP contribution in [0, 0.1) is 0 Å². The average Bonchev–Trinajstić information content (AvgIpc) is 2.95. The first-order valence-corrected chi connectivity index (χ1v) is 8.63. The number of thiazole rings is 1. The monoisotopic (exact) mass is 342 g/mol. The van der Waals surface area contributed by atoms with Gasteiger partial charge in [0, 0.05) is 22.4 Å². The number of esters is 1. The molecule has 112 valence electrons. The highest BCUT2D eigenvalue weighted by Crippen LogP contribution is 2.30. The van der Waals surface area contributed by atoms with Crippen molar-refractivity contribution in [3.8, 4) is 10.6 Å². The van der Waals surface area contributed by atoms with E-state index in [1.54, 1.807) is 23.1 Å². The average molecular weight is 343 g/mol. The van der Waals surface area contributed by atoms with Gasteiger partial charge < -0.3 is 10.5 Å². The Bertz CT molecular complexity index is 619. The number of aromatic nitrogens is 1. The molecule has 4 nitrogen and oxygen atoms in total. The SMILES string of the molecule is COC(=O)C(N)CSCc1csc(-c2ccccc2Cl)n1. The highest BCUT2D eigenvalue weighted by atomic mass is 35.5. The number of nitrogens with two attached hydrogens (primary N) is 1. The topological polar surface area (TPSA) is 65.2 Å². The summed E-state index contributed by atoms with van der Waals surface area (Å²) in [6.07, 6.45) is 0. The minimum absolute atomic E-state index is 0.391. The fraction of sp³-hybridized carbons (Fsp3) is 0.286. The molecule has 1 aromatic heterocycles. The molecule has 2 N–H and O–H groups in total. The third kappa shape index (κ3) is 4.44. The summed E-state index contributed by atoms with van der Waals surface area (Å²) >= 11 is 9.27. The number of hydrogen-bond acceptors (Lipinski definition) is 6. The van der Waals surface area contributed by atoms with Crippen molar-refractivity contribution in [2.24, 2.45) is 5.73 Å². The van der Waals surface area contributed by atoms with Gasteiger partial charge in [-0.1, -0.05) is 29.8 Å². The Kier molecular flexibility index (Phi) is 6.05. The molecular formula is C14H15ClN2O2S2. The minimum atomic E-state index is -0.596. The smallest absolute Gasteiger partial charge is 0.323 e. The molecule has 0 aliphatic rings. The number of nitrogens with zero attached hydrogens (tertiary/aromatic N) is 1. The number of carbonyl (C=O) groups excluding carboxylic acids is 1. The van der Waals surface area contributed by atoms with E-state index in [0.717, 1.165) is 16.3 Å². The number of hydrogen-bond donors (Lipinski definition) is 1. The van der Waals surface area contributed by atoms with Crippen LogP contribution in [0.1, 0.15) is 5.69 Å². The van der Waals surface area contributed by atoms with Crippen molar-refractivity contribution in [1.29, 1.82) is 0 Å². The molecular weight excluding hydrogens is 328 g/mol. The summed E-state index contributed by atoms with van der Waals surface area (Å²) in [5.41, 5.74) is 7.57. The van der Waals surface area contributed by atoms with Gasteiger partial charge in [-0.2, -0.15) is 11.8 Å². The predicted octanol–water partition coefficient (Wildman–Crippen LogP) is 3.20. The molecule has 1 heterocycles. The van der Waals surface area contributed by atoms with Crippen LogP contribution < -0.4 is 5.73 Å². The molecule has 7 heteroatoms.